The van der Waals surface area contributed by atoms with E-state index < -0.39 is 22.8 Å². The zero-order valence-corrected chi connectivity index (χ0v) is 13.9. The maximum atomic E-state index is 14.7. The van der Waals surface area contributed by atoms with E-state index in [0.717, 1.165) is 19.4 Å². The van der Waals surface area contributed by atoms with Gasteiger partial charge in [-0.2, -0.15) is 0 Å². The fourth-order valence-electron chi connectivity index (χ4n) is 3.55. The Hall–Kier alpha value is -2.41. The van der Waals surface area contributed by atoms with Crippen molar-refractivity contribution in [3.8, 4) is 0 Å². The second-order valence-corrected chi connectivity index (χ2v) is 6.92. The smallest absolute Gasteiger partial charge is 0.198 e. The summed E-state index contributed by atoms with van der Waals surface area (Å²) in [6, 6.07) is 3.25. The molecule has 0 radical (unpaired) electrons. The zero-order chi connectivity index (χ0) is 17.7. The molecule has 25 heavy (non-hydrogen) atoms. The van der Waals surface area contributed by atoms with E-state index in [0.29, 0.717) is 24.3 Å². The molecule has 1 atom stereocenters. The molecule has 1 aromatic carbocycles. The molecular weight excluding hydrogens is 325 g/mol. The molecule has 7 heteroatoms. The van der Waals surface area contributed by atoms with Crippen molar-refractivity contribution < 1.29 is 14.3 Å². The quantitative estimate of drug-likeness (QED) is 0.884. The van der Waals surface area contributed by atoms with Crippen molar-refractivity contribution in [1.29, 1.82) is 0 Å². The van der Waals surface area contributed by atoms with Gasteiger partial charge in [0.1, 0.15) is 5.82 Å². The number of anilines is 1. The van der Waals surface area contributed by atoms with E-state index in [1.807, 2.05) is 11.8 Å². The lowest BCUT2D eigenvalue weighted by Gasteiger charge is -2.34. The molecule has 6 nitrogen and oxygen atoms in total. The second-order valence-electron chi connectivity index (χ2n) is 6.92. The van der Waals surface area contributed by atoms with Crippen LogP contribution in [0.25, 0.3) is 10.9 Å². The summed E-state index contributed by atoms with van der Waals surface area (Å²) in [5.74, 6) is -2.03. The minimum Gasteiger partial charge on any atom is -0.545 e. The lowest BCUT2D eigenvalue weighted by Crippen LogP contribution is -2.49. The van der Waals surface area contributed by atoms with Gasteiger partial charge in [0.25, 0.3) is 0 Å². The van der Waals surface area contributed by atoms with Crippen molar-refractivity contribution in [2.24, 2.45) is 0 Å². The first-order valence-electron chi connectivity index (χ1n) is 8.54. The summed E-state index contributed by atoms with van der Waals surface area (Å²) in [6.07, 6.45) is 3.18. The Morgan fingerprint density at radius 2 is 2.12 bits per heavy atom. The highest BCUT2D eigenvalue weighted by molar-refractivity contribution is 5.92. The van der Waals surface area contributed by atoms with Gasteiger partial charge in [-0.05, 0) is 31.9 Å². The molecule has 0 spiro atoms. The van der Waals surface area contributed by atoms with E-state index in [2.05, 4.69) is 5.32 Å². The van der Waals surface area contributed by atoms with Crippen molar-refractivity contribution in [1.82, 2.24) is 9.88 Å². The molecule has 1 aliphatic heterocycles. The van der Waals surface area contributed by atoms with Crippen LogP contribution < -0.4 is 20.8 Å². The van der Waals surface area contributed by atoms with Crippen LogP contribution in [0.2, 0.25) is 0 Å². The Morgan fingerprint density at radius 1 is 1.36 bits per heavy atom. The molecule has 4 rings (SSSR count). The molecule has 1 saturated carbocycles. The molecule has 0 amide bonds. The summed E-state index contributed by atoms with van der Waals surface area (Å²) in [5.41, 5.74) is -0.0655. The van der Waals surface area contributed by atoms with E-state index in [1.54, 1.807) is 10.6 Å². The van der Waals surface area contributed by atoms with Gasteiger partial charge in [0.15, 0.2) is 5.43 Å². The minimum atomic E-state index is -1.53. The third kappa shape index (κ3) is 2.78. The number of hydrogen-bond donors (Lipinski definition) is 1. The Labute approximate surface area is 143 Å². The summed E-state index contributed by atoms with van der Waals surface area (Å²) in [4.78, 5) is 25.7. The van der Waals surface area contributed by atoms with Crippen molar-refractivity contribution in [3.05, 3.63) is 39.9 Å². The molecule has 0 bridgehead atoms. The number of carboxylic acids is 1. The molecule has 1 N–H and O–H groups in total. The highest BCUT2D eigenvalue weighted by atomic mass is 19.1. The van der Waals surface area contributed by atoms with Gasteiger partial charge in [-0.1, -0.05) is 0 Å². The molecule has 1 aromatic heterocycles. The number of piperazine rings is 1. The summed E-state index contributed by atoms with van der Waals surface area (Å²) in [7, 11) is 0. The second kappa shape index (κ2) is 5.84. The average molecular weight is 344 g/mol. The maximum Gasteiger partial charge on any atom is 0.198 e. The number of aromatic nitrogens is 1. The van der Waals surface area contributed by atoms with E-state index in [4.69, 9.17) is 0 Å². The van der Waals surface area contributed by atoms with Crippen molar-refractivity contribution in [3.63, 3.8) is 0 Å². The first-order valence-corrected chi connectivity index (χ1v) is 8.54. The third-order valence-electron chi connectivity index (χ3n) is 4.97. The number of hydrogen-bond acceptors (Lipinski definition) is 5. The minimum absolute atomic E-state index is 0.0954. The normalized spacial score (nSPS) is 20.9. The summed E-state index contributed by atoms with van der Waals surface area (Å²) < 4.78 is 16.5. The molecule has 1 saturated heterocycles. The van der Waals surface area contributed by atoms with Crippen LogP contribution in [0.5, 0.6) is 0 Å². The molecule has 1 aliphatic carbocycles. The molecule has 1 unspecified atom stereocenters. The van der Waals surface area contributed by atoms with Crippen molar-refractivity contribution in [2.75, 3.05) is 24.5 Å². The Kier molecular flexibility index (Phi) is 3.76. The lowest BCUT2D eigenvalue weighted by molar-refractivity contribution is -0.255. The lowest BCUT2D eigenvalue weighted by atomic mass is 10.1. The predicted molar refractivity (Wildman–Crippen MR) is 90.4 cm³/mol. The standard InChI is InChI=1S/C18H20FN3O3/c1-10-8-21(5-4-20-10)16-7-15-12(6-14(16)19)17(23)13(18(24)25)9-22(15)11-2-3-11/h6-7,9-11,20H,2-5,8H2,1H3,(H,24,25)/p-1. The maximum absolute atomic E-state index is 14.7. The van der Waals surface area contributed by atoms with Crippen LogP contribution in [0.4, 0.5) is 10.1 Å². The van der Waals surface area contributed by atoms with Crippen LogP contribution in [0.1, 0.15) is 36.2 Å². The van der Waals surface area contributed by atoms with E-state index in [-0.39, 0.29) is 17.5 Å². The monoisotopic (exact) mass is 344 g/mol. The van der Waals surface area contributed by atoms with Gasteiger partial charge in [-0.15, -0.1) is 0 Å². The fraction of sp³-hybridized carbons (Fsp3) is 0.444. The van der Waals surface area contributed by atoms with E-state index in [1.165, 1.54) is 12.3 Å². The number of carbonyl (C=O) groups is 1. The Bertz CT molecular complexity index is 920. The Balaban J connectivity index is 1.92. The highest BCUT2D eigenvalue weighted by Crippen LogP contribution is 2.38. The van der Waals surface area contributed by atoms with Crippen molar-refractivity contribution >= 4 is 22.6 Å². The van der Waals surface area contributed by atoms with Crippen LogP contribution >= 0.6 is 0 Å². The SMILES string of the molecule is CC1CN(c2cc3c(cc2F)c(=O)c(C(=O)[O-])cn3C2CC2)CCN1. The summed E-state index contributed by atoms with van der Waals surface area (Å²) >= 11 is 0. The van der Waals surface area contributed by atoms with Crippen molar-refractivity contribution in [2.45, 2.75) is 31.8 Å². The number of carboxylic acid groups (broad SMARTS) is 1. The van der Waals surface area contributed by atoms with E-state index in [9.17, 15) is 19.1 Å². The van der Waals surface area contributed by atoms with Gasteiger partial charge in [-0.3, -0.25) is 4.79 Å². The van der Waals surface area contributed by atoms with E-state index >= 15 is 0 Å². The molecule has 2 aliphatic rings. The largest absolute Gasteiger partial charge is 0.545 e. The number of nitrogens with zero attached hydrogens (tertiary/aromatic N) is 2. The fourth-order valence-corrected chi connectivity index (χ4v) is 3.55. The first-order chi connectivity index (χ1) is 12.0. The number of halogens is 1. The number of fused-ring (bicyclic) bond motifs is 1. The molecule has 2 heterocycles. The third-order valence-corrected chi connectivity index (χ3v) is 4.97. The molecule has 2 aromatic rings. The van der Waals surface area contributed by atoms with Crippen LogP contribution in [-0.4, -0.2) is 36.2 Å². The molecule has 132 valence electrons. The van der Waals surface area contributed by atoms with Gasteiger partial charge in [0.05, 0.1) is 22.7 Å². The topological polar surface area (TPSA) is 77.4 Å². The number of pyridine rings is 1. The Morgan fingerprint density at radius 3 is 2.76 bits per heavy atom. The van der Waals surface area contributed by atoms with Crippen LogP contribution in [0, 0.1) is 5.82 Å². The van der Waals surface area contributed by atoms with Gasteiger partial charge >= 0.3 is 0 Å². The summed E-state index contributed by atoms with van der Waals surface area (Å²) in [5, 5.41) is 14.7. The first kappa shape index (κ1) is 16.1. The molecule has 2 fully saturated rings. The average Bonchev–Trinajstić information content (AvgIpc) is 3.39. The van der Waals surface area contributed by atoms with Gasteiger partial charge in [0.2, 0.25) is 0 Å². The van der Waals surface area contributed by atoms with Gasteiger partial charge in [-0.25, -0.2) is 4.39 Å². The number of benzene rings is 1. The van der Waals surface area contributed by atoms with Crippen LogP contribution in [0.3, 0.4) is 0 Å². The van der Waals surface area contributed by atoms with Gasteiger partial charge in [0, 0.05) is 43.3 Å². The van der Waals surface area contributed by atoms with Gasteiger partial charge < -0.3 is 24.7 Å². The predicted octanol–water partition coefficient (Wildman–Crippen LogP) is 0.637. The number of rotatable bonds is 3. The van der Waals surface area contributed by atoms with Crippen LogP contribution in [-0.2, 0) is 0 Å². The highest BCUT2D eigenvalue weighted by Gasteiger charge is 2.27. The summed E-state index contributed by atoms with van der Waals surface area (Å²) in [6.45, 7) is 4.15. The molecular formula is C18H19FN3O3-. The van der Waals surface area contributed by atoms with Crippen LogP contribution in [0.15, 0.2) is 23.1 Å². The number of carbonyl (C=O) groups excluding carboxylic acids is 1. The number of aromatic carboxylic acids is 1. The zero-order valence-electron chi connectivity index (χ0n) is 13.9. The number of nitrogens with one attached hydrogen (secondary N) is 1.